The fourth-order valence-electron chi connectivity index (χ4n) is 2.75. The van der Waals surface area contributed by atoms with E-state index in [1.807, 2.05) is 4.90 Å². The summed E-state index contributed by atoms with van der Waals surface area (Å²) in [5.74, 6) is 0.781. The van der Waals surface area contributed by atoms with Crippen LogP contribution in [0.15, 0.2) is 24.3 Å². The van der Waals surface area contributed by atoms with Crippen molar-refractivity contribution in [1.29, 1.82) is 0 Å². The van der Waals surface area contributed by atoms with Gasteiger partial charge in [0.15, 0.2) is 0 Å². The molecule has 3 atom stereocenters. The van der Waals surface area contributed by atoms with Crippen LogP contribution >= 0.6 is 0 Å². The molecule has 1 heterocycles. The molecule has 0 spiro atoms. The zero-order valence-corrected chi connectivity index (χ0v) is 13.0. The Hall–Kier alpha value is -1.35. The predicted octanol–water partition coefficient (Wildman–Crippen LogP) is 3.25. The quantitative estimate of drug-likeness (QED) is 0.894. The Morgan fingerprint density at radius 3 is 2.70 bits per heavy atom. The third kappa shape index (κ3) is 3.04. The molecule has 0 aliphatic carbocycles. The zero-order chi connectivity index (χ0) is 14.7. The van der Waals surface area contributed by atoms with Gasteiger partial charge in [-0.2, -0.15) is 0 Å². The number of carbonyl (C=O) groups is 1. The molecule has 1 aliphatic rings. The second-order valence-electron chi connectivity index (χ2n) is 5.95. The highest BCUT2D eigenvalue weighted by molar-refractivity contribution is 5.84. The van der Waals surface area contributed by atoms with E-state index in [1.54, 1.807) is 0 Å². The van der Waals surface area contributed by atoms with Gasteiger partial charge in [-0.3, -0.25) is 10.1 Å². The van der Waals surface area contributed by atoms with Crippen LogP contribution in [0.1, 0.15) is 50.9 Å². The number of benzene rings is 1. The van der Waals surface area contributed by atoms with Crippen LogP contribution < -0.4 is 5.32 Å². The first-order valence-electron chi connectivity index (χ1n) is 7.69. The number of hydrogen-bond donors (Lipinski definition) is 1. The fraction of sp³-hybridized carbons (Fsp3) is 0.588. The second kappa shape index (κ2) is 6.40. The molecular formula is C17H26N2O. The molecule has 0 saturated carbocycles. The van der Waals surface area contributed by atoms with Gasteiger partial charge in [0.2, 0.25) is 5.91 Å². The standard InChI is InChI=1S/C17H26N2O/c1-5-12(3)11-19-16(18-15(6-2)17(19)20)14-9-7-8-13(4)10-14/h7-10,12,15-16,18H,5-6,11H2,1-4H3. The third-order valence-corrected chi connectivity index (χ3v) is 4.22. The molecule has 1 fully saturated rings. The number of hydrogen-bond acceptors (Lipinski definition) is 2. The summed E-state index contributed by atoms with van der Waals surface area (Å²) in [6.07, 6.45) is 1.97. The van der Waals surface area contributed by atoms with E-state index < -0.39 is 0 Å². The largest absolute Gasteiger partial charge is 0.321 e. The normalized spacial score (nSPS) is 24.2. The summed E-state index contributed by atoms with van der Waals surface area (Å²) in [4.78, 5) is 14.5. The minimum absolute atomic E-state index is 0.0290. The maximum absolute atomic E-state index is 12.5. The van der Waals surface area contributed by atoms with E-state index in [0.29, 0.717) is 5.92 Å². The Balaban J connectivity index is 2.26. The van der Waals surface area contributed by atoms with Crippen molar-refractivity contribution in [1.82, 2.24) is 10.2 Å². The van der Waals surface area contributed by atoms with E-state index in [4.69, 9.17) is 0 Å². The smallest absolute Gasteiger partial charge is 0.241 e. The van der Waals surface area contributed by atoms with Crippen LogP contribution in [0.3, 0.4) is 0 Å². The zero-order valence-electron chi connectivity index (χ0n) is 13.0. The van der Waals surface area contributed by atoms with Crippen molar-refractivity contribution in [2.24, 2.45) is 5.92 Å². The summed E-state index contributed by atoms with van der Waals surface area (Å²) in [7, 11) is 0. The van der Waals surface area contributed by atoms with Gasteiger partial charge in [0.1, 0.15) is 6.17 Å². The highest BCUT2D eigenvalue weighted by Gasteiger charge is 2.38. The van der Waals surface area contributed by atoms with Gasteiger partial charge in [0, 0.05) is 6.54 Å². The molecule has 0 radical (unpaired) electrons. The van der Waals surface area contributed by atoms with Gasteiger partial charge in [-0.15, -0.1) is 0 Å². The van der Waals surface area contributed by atoms with E-state index in [1.165, 1.54) is 11.1 Å². The molecule has 3 heteroatoms. The lowest BCUT2D eigenvalue weighted by atomic mass is 10.1. The highest BCUT2D eigenvalue weighted by atomic mass is 16.2. The fourth-order valence-corrected chi connectivity index (χ4v) is 2.75. The van der Waals surface area contributed by atoms with E-state index in [0.717, 1.165) is 19.4 Å². The topological polar surface area (TPSA) is 32.3 Å². The lowest BCUT2D eigenvalue weighted by molar-refractivity contribution is -0.130. The van der Waals surface area contributed by atoms with Gasteiger partial charge in [0.05, 0.1) is 6.04 Å². The maximum atomic E-state index is 12.5. The molecule has 3 unspecified atom stereocenters. The number of nitrogens with one attached hydrogen (secondary N) is 1. The van der Waals surface area contributed by atoms with Crippen LogP contribution in [0.5, 0.6) is 0 Å². The molecular weight excluding hydrogens is 248 g/mol. The van der Waals surface area contributed by atoms with Gasteiger partial charge >= 0.3 is 0 Å². The van der Waals surface area contributed by atoms with E-state index in [2.05, 4.69) is 57.3 Å². The minimum Gasteiger partial charge on any atom is -0.321 e. The first kappa shape index (κ1) is 15.0. The summed E-state index contributed by atoms with van der Waals surface area (Å²) in [5.41, 5.74) is 2.43. The number of rotatable bonds is 5. The van der Waals surface area contributed by atoms with Crippen molar-refractivity contribution in [3.8, 4) is 0 Å². The average molecular weight is 274 g/mol. The average Bonchev–Trinajstić information content (AvgIpc) is 2.75. The van der Waals surface area contributed by atoms with Crippen LogP contribution in [-0.2, 0) is 4.79 Å². The monoisotopic (exact) mass is 274 g/mol. The molecule has 110 valence electrons. The van der Waals surface area contributed by atoms with Crippen molar-refractivity contribution in [2.45, 2.75) is 52.7 Å². The Kier molecular flexibility index (Phi) is 4.81. The van der Waals surface area contributed by atoms with Crippen LogP contribution in [0.4, 0.5) is 0 Å². The summed E-state index contributed by atoms with van der Waals surface area (Å²) >= 11 is 0. The molecule has 1 saturated heterocycles. The molecule has 2 rings (SSSR count). The lowest BCUT2D eigenvalue weighted by Gasteiger charge is -2.27. The molecule has 0 aromatic heterocycles. The highest BCUT2D eigenvalue weighted by Crippen LogP contribution is 2.28. The predicted molar refractivity (Wildman–Crippen MR) is 82.3 cm³/mol. The van der Waals surface area contributed by atoms with E-state index in [9.17, 15) is 4.79 Å². The summed E-state index contributed by atoms with van der Waals surface area (Å²) in [6.45, 7) is 9.38. The van der Waals surface area contributed by atoms with Crippen LogP contribution in [0.25, 0.3) is 0 Å². The van der Waals surface area contributed by atoms with Crippen molar-refractivity contribution in [3.05, 3.63) is 35.4 Å². The van der Waals surface area contributed by atoms with Crippen molar-refractivity contribution >= 4 is 5.91 Å². The maximum Gasteiger partial charge on any atom is 0.241 e. The van der Waals surface area contributed by atoms with Crippen LogP contribution in [0.2, 0.25) is 0 Å². The van der Waals surface area contributed by atoms with Gasteiger partial charge in [-0.05, 0) is 24.8 Å². The van der Waals surface area contributed by atoms with Crippen LogP contribution in [-0.4, -0.2) is 23.4 Å². The second-order valence-corrected chi connectivity index (χ2v) is 5.95. The van der Waals surface area contributed by atoms with E-state index in [-0.39, 0.29) is 18.1 Å². The first-order chi connectivity index (χ1) is 9.56. The number of carbonyl (C=O) groups excluding carboxylic acids is 1. The first-order valence-corrected chi connectivity index (χ1v) is 7.69. The van der Waals surface area contributed by atoms with Gasteiger partial charge < -0.3 is 4.90 Å². The lowest BCUT2D eigenvalue weighted by Crippen LogP contribution is -2.34. The Morgan fingerprint density at radius 2 is 2.10 bits per heavy atom. The van der Waals surface area contributed by atoms with Gasteiger partial charge in [-0.1, -0.05) is 57.0 Å². The van der Waals surface area contributed by atoms with Crippen molar-refractivity contribution in [2.75, 3.05) is 6.54 Å². The molecule has 0 bridgehead atoms. The molecule has 1 N–H and O–H groups in total. The number of amides is 1. The molecule has 20 heavy (non-hydrogen) atoms. The van der Waals surface area contributed by atoms with Gasteiger partial charge in [-0.25, -0.2) is 0 Å². The van der Waals surface area contributed by atoms with Crippen molar-refractivity contribution < 1.29 is 4.79 Å². The third-order valence-electron chi connectivity index (χ3n) is 4.22. The van der Waals surface area contributed by atoms with Gasteiger partial charge in [0.25, 0.3) is 0 Å². The molecule has 3 nitrogen and oxygen atoms in total. The van der Waals surface area contributed by atoms with Crippen LogP contribution in [0, 0.1) is 12.8 Å². The molecule has 1 aromatic rings. The SMILES string of the molecule is CCC(C)CN1C(=O)C(CC)NC1c1cccc(C)c1. The summed E-state index contributed by atoms with van der Waals surface area (Å²) in [6, 6.07) is 8.41. The molecule has 1 aromatic carbocycles. The Labute approximate surface area is 122 Å². The Bertz CT molecular complexity index is 472. The van der Waals surface area contributed by atoms with Crippen molar-refractivity contribution in [3.63, 3.8) is 0 Å². The Morgan fingerprint density at radius 1 is 1.35 bits per heavy atom. The molecule has 1 aliphatic heterocycles. The molecule has 1 amide bonds. The number of aryl methyl sites for hydroxylation is 1. The minimum atomic E-state index is -0.0374. The van der Waals surface area contributed by atoms with E-state index >= 15 is 0 Å². The number of nitrogens with zero attached hydrogens (tertiary/aromatic N) is 1. The summed E-state index contributed by atoms with van der Waals surface area (Å²) in [5, 5.41) is 3.49. The summed E-state index contributed by atoms with van der Waals surface area (Å²) < 4.78 is 0.